The standard InChI is InChI=1S/C31H32N2O5/c1-20-16-24-17-23(12-13-26(24)38-20)29(34)27-28(33(15-14-32(2)3)31(36)30(27)35)22-10-7-11-25(18-22)37-19-21-8-5-4-6-9-21/h4-13,17-18,20,28,34H,14-16,19H2,1-3H3/t20-,28-/m0/s1. The Bertz CT molecular complexity index is 1380. The van der Waals surface area contributed by atoms with Crippen molar-refractivity contribution in [1.82, 2.24) is 9.80 Å². The molecule has 2 heterocycles. The molecule has 0 saturated carbocycles. The molecule has 2 atom stereocenters. The Morgan fingerprint density at radius 2 is 1.84 bits per heavy atom. The van der Waals surface area contributed by atoms with Crippen molar-refractivity contribution in [1.29, 1.82) is 0 Å². The van der Waals surface area contributed by atoms with Crippen LogP contribution < -0.4 is 9.47 Å². The smallest absolute Gasteiger partial charge is 0.295 e. The number of likely N-dealkylation sites (tertiary alicyclic amines) is 1. The molecule has 0 radical (unpaired) electrons. The van der Waals surface area contributed by atoms with Gasteiger partial charge in [-0.25, -0.2) is 0 Å². The van der Waals surface area contributed by atoms with E-state index in [1.54, 1.807) is 11.0 Å². The van der Waals surface area contributed by atoms with E-state index in [1.165, 1.54) is 0 Å². The topological polar surface area (TPSA) is 79.3 Å². The summed E-state index contributed by atoms with van der Waals surface area (Å²) in [6.07, 6.45) is 0.773. The number of carbonyl (C=O) groups excluding carboxylic acids is 2. The van der Waals surface area contributed by atoms with Crippen molar-refractivity contribution < 1.29 is 24.2 Å². The zero-order valence-electron chi connectivity index (χ0n) is 21.9. The minimum Gasteiger partial charge on any atom is -0.507 e. The Morgan fingerprint density at radius 1 is 1.05 bits per heavy atom. The minimum absolute atomic E-state index is 0.0534. The van der Waals surface area contributed by atoms with Gasteiger partial charge >= 0.3 is 0 Å². The van der Waals surface area contributed by atoms with E-state index in [9.17, 15) is 14.7 Å². The zero-order valence-corrected chi connectivity index (χ0v) is 21.9. The van der Waals surface area contributed by atoms with Gasteiger partial charge in [0, 0.05) is 25.1 Å². The Kier molecular flexibility index (Phi) is 7.20. The van der Waals surface area contributed by atoms with Crippen LogP contribution in [0.5, 0.6) is 11.5 Å². The molecule has 1 amide bonds. The van der Waals surface area contributed by atoms with Crippen LogP contribution in [-0.2, 0) is 22.6 Å². The predicted molar refractivity (Wildman–Crippen MR) is 145 cm³/mol. The van der Waals surface area contributed by atoms with Gasteiger partial charge in [-0.1, -0.05) is 42.5 Å². The van der Waals surface area contributed by atoms with Crippen LogP contribution in [-0.4, -0.2) is 59.9 Å². The monoisotopic (exact) mass is 512 g/mol. The van der Waals surface area contributed by atoms with Crippen LogP contribution in [0, 0.1) is 0 Å². The van der Waals surface area contributed by atoms with Gasteiger partial charge < -0.3 is 24.4 Å². The largest absolute Gasteiger partial charge is 0.507 e. The van der Waals surface area contributed by atoms with E-state index in [1.807, 2.05) is 92.6 Å². The molecule has 0 aromatic heterocycles. The highest BCUT2D eigenvalue weighted by molar-refractivity contribution is 6.46. The summed E-state index contributed by atoms with van der Waals surface area (Å²) in [5, 5.41) is 11.5. The Labute approximate surface area is 222 Å². The number of ketones is 1. The maximum absolute atomic E-state index is 13.4. The molecular formula is C31H32N2O5. The Balaban J connectivity index is 1.53. The molecule has 1 saturated heterocycles. The minimum atomic E-state index is -0.737. The number of rotatable bonds is 8. The van der Waals surface area contributed by atoms with Gasteiger partial charge in [0.2, 0.25) is 0 Å². The fourth-order valence-corrected chi connectivity index (χ4v) is 5.01. The number of hydrogen-bond acceptors (Lipinski definition) is 6. The van der Waals surface area contributed by atoms with Crippen molar-refractivity contribution in [2.24, 2.45) is 0 Å². The second-order valence-electron chi connectivity index (χ2n) is 10.1. The Hall–Kier alpha value is -4.10. The first kappa shape index (κ1) is 25.5. The summed E-state index contributed by atoms with van der Waals surface area (Å²) in [5.74, 6) is -0.0914. The number of ether oxygens (including phenoxy) is 2. The number of fused-ring (bicyclic) bond motifs is 1. The highest BCUT2D eigenvalue weighted by Crippen LogP contribution is 2.41. The van der Waals surface area contributed by atoms with E-state index in [-0.39, 0.29) is 17.4 Å². The van der Waals surface area contributed by atoms with Crippen LogP contribution >= 0.6 is 0 Å². The van der Waals surface area contributed by atoms with Gasteiger partial charge in [-0.2, -0.15) is 0 Å². The average molecular weight is 513 g/mol. The van der Waals surface area contributed by atoms with E-state index in [2.05, 4.69) is 0 Å². The summed E-state index contributed by atoms with van der Waals surface area (Å²) in [5.41, 5.74) is 3.28. The van der Waals surface area contributed by atoms with Crippen molar-refractivity contribution in [3.05, 3.63) is 101 Å². The number of aliphatic hydroxyl groups excluding tert-OH is 1. The van der Waals surface area contributed by atoms with Crippen LogP contribution in [0.15, 0.2) is 78.4 Å². The molecular weight excluding hydrogens is 480 g/mol. The molecule has 7 nitrogen and oxygen atoms in total. The summed E-state index contributed by atoms with van der Waals surface area (Å²) in [6.45, 7) is 3.29. The van der Waals surface area contributed by atoms with Crippen LogP contribution in [0.2, 0.25) is 0 Å². The molecule has 196 valence electrons. The van der Waals surface area contributed by atoms with E-state index in [0.717, 1.165) is 23.3 Å². The van der Waals surface area contributed by atoms with Crippen LogP contribution in [0.4, 0.5) is 0 Å². The quantitative estimate of drug-likeness (QED) is 0.271. The molecule has 3 aromatic rings. The molecule has 3 aromatic carbocycles. The normalized spacial score (nSPS) is 20.1. The fraction of sp³-hybridized carbons (Fsp3) is 0.290. The first-order chi connectivity index (χ1) is 18.3. The zero-order chi connectivity index (χ0) is 26.8. The molecule has 1 fully saturated rings. The highest BCUT2D eigenvalue weighted by Gasteiger charge is 2.46. The van der Waals surface area contributed by atoms with E-state index in [0.29, 0.717) is 36.6 Å². The third kappa shape index (κ3) is 5.15. The molecule has 0 spiro atoms. The summed E-state index contributed by atoms with van der Waals surface area (Å²) in [4.78, 5) is 30.1. The van der Waals surface area contributed by atoms with Gasteiger partial charge in [0.1, 0.15) is 30.0 Å². The maximum Gasteiger partial charge on any atom is 0.295 e. The lowest BCUT2D eigenvalue weighted by molar-refractivity contribution is -0.140. The maximum atomic E-state index is 13.4. The summed E-state index contributed by atoms with van der Waals surface area (Å²) in [6, 6.07) is 21.9. The SMILES string of the molecule is C[C@H]1Cc2cc(C(O)=C3C(=O)C(=O)N(CCN(C)C)[C@H]3c3cccc(OCc4ccccc4)c3)ccc2O1. The lowest BCUT2D eigenvalue weighted by Gasteiger charge is -2.27. The number of benzene rings is 3. The second-order valence-corrected chi connectivity index (χ2v) is 10.1. The van der Waals surface area contributed by atoms with Crippen molar-refractivity contribution in [2.75, 3.05) is 27.2 Å². The molecule has 0 bridgehead atoms. The molecule has 7 heteroatoms. The molecule has 0 aliphatic carbocycles. The first-order valence-corrected chi connectivity index (χ1v) is 12.8. The lowest BCUT2D eigenvalue weighted by Crippen LogP contribution is -2.35. The van der Waals surface area contributed by atoms with Crippen molar-refractivity contribution in [3.8, 4) is 11.5 Å². The van der Waals surface area contributed by atoms with E-state index in [4.69, 9.17) is 9.47 Å². The number of hydrogen-bond donors (Lipinski definition) is 1. The Morgan fingerprint density at radius 3 is 2.61 bits per heavy atom. The fourth-order valence-electron chi connectivity index (χ4n) is 5.01. The molecule has 5 rings (SSSR count). The summed E-state index contributed by atoms with van der Waals surface area (Å²) >= 11 is 0. The third-order valence-corrected chi connectivity index (χ3v) is 6.92. The molecule has 2 aliphatic heterocycles. The first-order valence-electron chi connectivity index (χ1n) is 12.8. The predicted octanol–water partition coefficient (Wildman–Crippen LogP) is 4.57. The van der Waals surface area contributed by atoms with Gasteiger partial charge in [0.15, 0.2) is 0 Å². The van der Waals surface area contributed by atoms with Crippen molar-refractivity contribution in [2.45, 2.75) is 32.1 Å². The average Bonchev–Trinajstić information content (AvgIpc) is 3.41. The number of carbonyl (C=O) groups is 2. The van der Waals surface area contributed by atoms with Crippen molar-refractivity contribution >= 4 is 17.4 Å². The van der Waals surface area contributed by atoms with E-state index < -0.39 is 17.7 Å². The van der Waals surface area contributed by atoms with Gasteiger partial charge in [0.25, 0.3) is 11.7 Å². The lowest BCUT2D eigenvalue weighted by atomic mass is 9.94. The van der Waals surface area contributed by atoms with Gasteiger partial charge in [-0.15, -0.1) is 0 Å². The van der Waals surface area contributed by atoms with Gasteiger partial charge in [-0.3, -0.25) is 9.59 Å². The highest BCUT2D eigenvalue weighted by atomic mass is 16.5. The molecule has 2 aliphatic rings. The summed E-state index contributed by atoms with van der Waals surface area (Å²) < 4.78 is 11.8. The number of amides is 1. The van der Waals surface area contributed by atoms with Gasteiger partial charge in [0.05, 0.1) is 11.6 Å². The van der Waals surface area contributed by atoms with E-state index >= 15 is 0 Å². The number of likely N-dealkylation sites (N-methyl/N-ethyl adjacent to an activating group) is 1. The molecule has 0 unspecified atom stereocenters. The number of Topliss-reactive ketones (excluding diaryl/α,β-unsaturated/α-hetero) is 1. The van der Waals surface area contributed by atoms with Crippen molar-refractivity contribution in [3.63, 3.8) is 0 Å². The second kappa shape index (κ2) is 10.7. The van der Waals surface area contributed by atoms with Crippen LogP contribution in [0.1, 0.15) is 35.2 Å². The van der Waals surface area contributed by atoms with Crippen LogP contribution in [0.25, 0.3) is 5.76 Å². The number of aliphatic hydroxyl groups is 1. The molecule has 38 heavy (non-hydrogen) atoms. The van der Waals surface area contributed by atoms with Crippen LogP contribution in [0.3, 0.4) is 0 Å². The third-order valence-electron chi connectivity index (χ3n) is 6.92. The molecule has 1 N–H and O–H groups in total. The number of nitrogens with zero attached hydrogens (tertiary/aromatic N) is 2. The van der Waals surface area contributed by atoms with Gasteiger partial charge in [-0.05, 0) is 68.0 Å². The summed E-state index contributed by atoms with van der Waals surface area (Å²) in [7, 11) is 3.83.